The Labute approximate surface area is 145 Å². The summed E-state index contributed by atoms with van der Waals surface area (Å²) >= 11 is 0. The number of nitrogens with zero attached hydrogens (tertiary/aromatic N) is 3. The highest BCUT2D eigenvalue weighted by Gasteiger charge is 2.47. The van der Waals surface area contributed by atoms with Gasteiger partial charge in [0.05, 0.1) is 5.69 Å². The number of hydrogen-bond acceptors (Lipinski definition) is 3. The molecule has 3 heterocycles. The molecule has 0 spiro atoms. The van der Waals surface area contributed by atoms with Gasteiger partial charge in [0.2, 0.25) is 5.91 Å². The third-order valence-corrected chi connectivity index (χ3v) is 5.27. The minimum absolute atomic E-state index is 0.00874. The average molecular weight is 358 g/mol. The fourth-order valence-electron chi connectivity index (χ4n) is 3.96. The molecule has 0 bridgehead atoms. The van der Waals surface area contributed by atoms with Crippen LogP contribution < -0.4 is 5.32 Å². The zero-order chi connectivity index (χ0) is 18.2. The maximum atomic E-state index is 13.5. The number of anilines is 1. The zero-order valence-corrected chi connectivity index (χ0v) is 14.6. The van der Waals surface area contributed by atoms with Crippen LogP contribution in [0.25, 0.3) is 0 Å². The molecule has 0 aliphatic carbocycles. The lowest BCUT2D eigenvalue weighted by molar-refractivity contribution is -0.174. The lowest BCUT2D eigenvalue weighted by atomic mass is 9.84. The minimum Gasteiger partial charge on any atom is -0.367 e. The van der Waals surface area contributed by atoms with Crippen molar-refractivity contribution in [3.63, 3.8) is 0 Å². The van der Waals surface area contributed by atoms with E-state index in [4.69, 9.17) is 0 Å². The van der Waals surface area contributed by atoms with Crippen molar-refractivity contribution in [1.29, 1.82) is 0 Å². The number of amides is 1. The second-order valence-electron chi connectivity index (χ2n) is 7.13. The normalized spacial score (nSPS) is 24.8. The Hall–Kier alpha value is -1.73. The van der Waals surface area contributed by atoms with Crippen molar-refractivity contribution in [2.24, 2.45) is 5.92 Å². The van der Waals surface area contributed by atoms with Gasteiger partial charge in [-0.2, -0.15) is 18.3 Å². The summed E-state index contributed by atoms with van der Waals surface area (Å²) in [5.41, 5.74) is 0.581. The Bertz CT molecular complexity index is 620. The largest absolute Gasteiger partial charge is 0.410 e. The van der Waals surface area contributed by atoms with E-state index in [1.165, 1.54) is 0 Å². The lowest BCUT2D eigenvalue weighted by Crippen LogP contribution is -2.47. The molecule has 140 valence electrons. The summed E-state index contributed by atoms with van der Waals surface area (Å²) in [5, 5.41) is 7.27. The van der Waals surface area contributed by atoms with Crippen LogP contribution in [0, 0.1) is 12.8 Å². The summed E-state index contributed by atoms with van der Waals surface area (Å²) in [6.07, 6.45) is -1.48. The van der Waals surface area contributed by atoms with Crippen molar-refractivity contribution >= 4 is 11.7 Å². The van der Waals surface area contributed by atoms with E-state index in [1.807, 2.05) is 11.8 Å². The number of aryl methyl sites for hydroxylation is 1. The molecule has 2 aliphatic rings. The zero-order valence-electron chi connectivity index (χ0n) is 14.6. The van der Waals surface area contributed by atoms with Gasteiger partial charge in [-0.05, 0) is 38.5 Å². The molecule has 1 amide bonds. The van der Waals surface area contributed by atoms with Crippen LogP contribution in [0.2, 0.25) is 0 Å². The second-order valence-corrected chi connectivity index (χ2v) is 7.13. The molecular formula is C17H25F3N4O. The number of nitrogens with one attached hydrogen (secondary N) is 1. The van der Waals surface area contributed by atoms with E-state index in [9.17, 15) is 18.0 Å². The van der Waals surface area contributed by atoms with E-state index in [0.717, 1.165) is 23.9 Å². The van der Waals surface area contributed by atoms with Gasteiger partial charge in [0, 0.05) is 31.6 Å². The summed E-state index contributed by atoms with van der Waals surface area (Å²) in [6.45, 7) is 4.94. The number of hydrogen-bond donors (Lipinski definition) is 1. The third-order valence-electron chi connectivity index (χ3n) is 5.27. The fourth-order valence-corrected chi connectivity index (χ4v) is 3.96. The van der Waals surface area contributed by atoms with Gasteiger partial charge in [-0.1, -0.05) is 6.92 Å². The Balaban J connectivity index is 1.69. The van der Waals surface area contributed by atoms with Crippen molar-refractivity contribution in [2.45, 2.75) is 64.2 Å². The molecule has 5 nitrogen and oxygen atoms in total. The third kappa shape index (κ3) is 3.77. The number of alkyl halides is 3. The average Bonchev–Trinajstić information content (AvgIpc) is 2.93. The van der Waals surface area contributed by atoms with Crippen LogP contribution in [0.3, 0.4) is 0 Å². The lowest BCUT2D eigenvalue weighted by Gasteiger charge is -2.41. The predicted octanol–water partition coefficient (Wildman–Crippen LogP) is 3.52. The molecule has 1 fully saturated rings. The highest BCUT2D eigenvalue weighted by molar-refractivity contribution is 5.76. The highest BCUT2D eigenvalue weighted by Crippen LogP contribution is 2.42. The predicted molar refractivity (Wildman–Crippen MR) is 88.3 cm³/mol. The molecule has 25 heavy (non-hydrogen) atoms. The van der Waals surface area contributed by atoms with E-state index >= 15 is 0 Å². The smallest absolute Gasteiger partial charge is 0.367 e. The van der Waals surface area contributed by atoms with Gasteiger partial charge in [-0.25, -0.2) is 4.68 Å². The van der Waals surface area contributed by atoms with Crippen LogP contribution in [0.1, 0.15) is 50.8 Å². The van der Waals surface area contributed by atoms with Crippen molar-refractivity contribution in [3.05, 3.63) is 11.8 Å². The molecule has 0 unspecified atom stereocenters. The molecule has 1 aromatic heterocycles. The Kier molecular flexibility index (Phi) is 4.97. The first-order valence-corrected chi connectivity index (χ1v) is 8.96. The fraction of sp³-hybridized carbons (Fsp3) is 0.765. The standard InChI is InChI=1S/C17H25F3N4O/c1-3-4-16(25)23-7-5-12(6-8-23)13-10-14(17(18,19)20)24-15(21-13)9-11(2)22-24/h9,12-14,21H,3-8,10H2,1-2H3/t13-,14+/m0/s1. The van der Waals surface area contributed by atoms with Crippen molar-refractivity contribution < 1.29 is 18.0 Å². The maximum absolute atomic E-state index is 13.5. The van der Waals surface area contributed by atoms with Crippen molar-refractivity contribution in [2.75, 3.05) is 18.4 Å². The molecule has 0 aromatic carbocycles. The van der Waals surface area contributed by atoms with Gasteiger partial charge in [0.15, 0.2) is 6.04 Å². The van der Waals surface area contributed by atoms with Crippen LogP contribution in [0.15, 0.2) is 6.07 Å². The van der Waals surface area contributed by atoms with Gasteiger partial charge >= 0.3 is 6.18 Å². The highest BCUT2D eigenvalue weighted by atomic mass is 19.4. The number of halogens is 3. The van der Waals surface area contributed by atoms with Crippen molar-refractivity contribution in [1.82, 2.24) is 14.7 Å². The number of carbonyl (C=O) groups excluding carboxylic acids is 1. The Morgan fingerprint density at radius 3 is 2.64 bits per heavy atom. The van der Waals surface area contributed by atoms with Gasteiger partial charge < -0.3 is 10.2 Å². The monoisotopic (exact) mass is 358 g/mol. The topological polar surface area (TPSA) is 50.2 Å². The number of fused-ring (bicyclic) bond motifs is 1. The minimum atomic E-state index is -4.31. The second kappa shape index (κ2) is 6.88. The van der Waals surface area contributed by atoms with E-state index in [-0.39, 0.29) is 24.3 Å². The van der Waals surface area contributed by atoms with Crippen LogP contribution in [-0.2, 0) is 4.79 Å². The summed E-state index contributed by atoms with van der Waals surface area (Å²) in [4.78, 5) is 13.8. The molecular weight excluding hydrogens is 333 g/mol. The molecule has 1 N–H and O–H groups in total. The number of rotatable bonds is 3. The number of carbonyl (C=O) groups is 1. The van der Waals surface area contributed by atoms with Gasteiger partial charge in [-0.3, -0.25) is 4.79 Å². The van der Waals surface area contributed by atoms with Gasteiger partial charge in [0.1, 0.15) is 5.82 Å². The summed E-state index contributed by atoms with van der Waals surface area (Å²) < 4.78 is 41.5. The first-order valence-electron chi connectivity index (χ1n) is 8.96. The van der Waals surface area contributed by atoms with Gasteiger partial charge in [-0.15, -0.1) is 0 Å². The van der Waals surface area contributed by atoms with Crippen LogP contribution in [-0.4, -0.2) is 45.9 Å². The number of piperidine rings is 1. The first-order chi connectivity index (χ1) is 11.8. The van der Waals surface area contributed by atoms with E-state index in [0.29, 0.717) is 31.0 Å². The van der Waals surface area contributed by atoms with Crippen LogP contribution in [0.4, 0.5) is 19.0 Å². The molecule has 0 radical (unpaired) electrons. The Morgan fingerprint density at radius 1 is 1.36 bits per heavy atom. The van der Waals surface area contributed by atoms with Gasteiger partial charge in [0.25, 0.3) is 0 Å². The molecule has 2 aliphatic heterocycles. The van der Waals surface area contributed by atoms with E-state index in [1.54, 1.807) is 13.0 Å². The SMILES string of the molecule is CCCC(=O)N1CCC([C@@H]2C[C@H](C(F)(F)F)n3nc(C)cc3N2)CC1. The summed E-state index contributed by atoms with van der Waals surface area (Å²) in [7, 11) is 0. The molecule has 8 heteroatoms. The van der Waals surface area contributed by atoms with E-state index in [2.05, 4.69) is 10.4 Å². The first kappa shape index (κ1) is 18.1. The van der Waals surface area contributed by atoms with Crippen LogP contribution >= 0.6 is 0 Å². The summed E-state index contributed by atoms with van der Waals surface area (Å²) in [6, 6.07) is -0.147. The Morgan fingerprint density at radius 2 is 2.04 bits per heavy atom. The number of aromatic nitrogens is 2. The molecule has 1 aromatic rings. The summed E-state index contributed by atoms with van der Waals surface area (Å²) in [5.74, 6) is 0.736. The molecule has 1 saturated heterocycles. The molecule has 0 saturated carbocycles. The van der Waals surface area contributed by atoms with E-state index < -0.39 is 12.2 Å². The maximum Gasteiger partial charge on any atom is 0.410 e. The quantitative estimate of drug-likeness (QED) is 0.899. The number of likely N-dealkylation sites (tertiary alicyclic amines) is 1. The van der Waals surface area contributed by atoms with Crippen LogP contribution in [0.5, 0.6) is 0 Å². The van der Waals surface area contributed by atoms with Crippen molar-refractivity contribution in [3.8, 4) is 0 Å². The molecule has 2 atom stereocenters. The molecule has 3 rings (SSSR count).